The minimum atomic E-state index is -0.223. The second kappa shape index (κ2) is 8.32. The zero-order valence-electron chi connectivity index (χ0n) is 17.1. The van der Waals surface area contributed by atoms with Crippen LogP contribution in [-0.4, -0.2) is 42.0 Å². The Morgan fingerprint density at radius 2 is 2.10 bits per heavy atom. The number of amides is 1. The topological polar surface area (TPSA) is 99.8 Å². The molecule has 0 aliphatic rings. The van der Waals surface area contributed by atoms with Crippen LogP contribution in [0.5, 0.6) is 5.75 Å². The maximum Gasteiger partial charge on any atom is 0.257 e. The third-order valence-electron chi connectivity index (χ3n) is 4.64. The zero-order chi connectivity index (χ0) is 21.1. The largest absolute Gasteiger partial charge is 0.492 e. The van der Waals surface area contributed by atoms with Gasteiger partial charge in [0.05, 0.1) is 24.0 Å². The highest BCUT2D eigenvalue weighted by Crippen LogP contribution is 2.22. The summed E-state index contributed by atoms with van der Waals surface area (Å²) in [5, 5.41) is 12.2. The predicted octanol–water partition coefficient (Wildman–Crippen LogP) is 3.24. The SMILES string of the molecule is Cc1nc2c(cnn2C(C)C)cc1C(=O)Nc1cccc(OCCn2cncn2)c1. The van der Waals surface area contributed by atoms with Crippen LogP contribution in [0, 0.1) is 6.92 Å². The molecule has 0 saturated carbocycles. The number of anilines is 1. The number of benzene rings is 1. The molecule has 0 atom stereocenters. The van der Waals surface area contributed by atoms with E-state index in [4.69, 9.17) is 4.74 Å². The van der Waals surface area contributed by atoms with Gasteiger partial charge >= 0.3 is 0 Å². The van der Waals surface area contributed by atoms with Gasteiger partial charge in [0.25, 0.3) is 5.91 Å². The highest BCUT2D eigenvalue weighted by molar-refractivity contribution is 6.06. The Balaban J connectivity index is 1.46. The van der Waals surface area contributed by atoms with Gasteiger partial charge in [0, 0.05) is 23.2 Å². The number of nitrogens with one attached hydrogen (secondary N) is 1. The van der Waals surface area contributed by atoms with Crippen molar-refractivity contribution in [3.05, 3.63) is 60.4 Å². The molecule has 4 aromatic rings. The summed E-state index contributed by atoms with van der Waals surface area (Å²) in [5.74, 6) is 0.440. The summed E-state index contributed by atoms with van der Waals surface area (Å²) in [4.78, 5) is 21.4. The molecule has 0 radical (unpaired) electrons. The van der Waals surface area contributed by atoms with Crippen LogP contribution < -0.4 is 10.1 Å². The Kier molecular flexibility index (Phi) is 5.42. The highest BCUT2D eigenvalue weighted by Gasteiger charge is 2.15. The molecular formula is C21H23N7O2. The third-order valence-corrected chi connectivity index (χ3v) is 4.64. The van der Waals surface area contributed by atoms with Gasteiger partial charge in [0.1, 0.15) is 25.0 Å². The number of hydrogen-bond donors (Lipinski definition) is 1. The summed E-state index contributed by atoms with van der Waals surface area (Å²) in [6.45, 7) is 6.96. The van der Waals surface area contributed by atoms with E-state index in [1.807, 2.05) is 49.7 Å². The van der Waals surface area contributed by atoms with E-state index in [-0.39, 0.29) is 11.9 Å². The quantitative estimate of drug-likeness (QED) is 0.507. The molecule has 1 aromatic carbocycles. The van der Waals surface area contributed by atoms with Crippen molar-refractivity contribution >= 4 is 22.6 Å². The minimum absolute atomic E-state index is 0.196. The van der Waals surface area contributed by atoms with Gasteiger partial charge in [-0.25, -0.2) is 19.3 Å². The summed E-state index contributed by atoms with van der Waals surface area (Å²) in [6.07, 6.45) is 4.86. The minimum Gasteiger partial charge on any atom is -0.492 e. The van der Waals surface area contributed by atoms with Gasteiger partial charge in [-0.1, -0.05) is 6.07 Å². The molecule has 0 spiro atoms. The van der Waals surface area contributed by atoms with Crippen molar-refractivity contribution in [1.82, 2.24) is 29.5 Å². The van der Waals surface area contributed by atoms with E-state index in [0.717, 1.165) is 11.0 Å². The lowest BCUT2D eigenvalue weighted by atomic mass is 10.1. The number of fused-ring (bicyclic) bond motifs is 1. The van der Waals surface area contributed by atoms with E-state index in [2.05, 4.69) is 25.5 Å². The number of hydrogen-bond acceptors (Lipinski definition) is 6. The molecule has 0 saturated heterocycles. The normalized spacial score (nSPS) is 11.2. The monoisotopic (exact) mass is 405 g/mol. The summed E-state index contributed by atoms with van der Waals surface area (Å²) in [6, 6.07) is 9.31. The first kappa shape index (κ1) is 19.6. The fourth-order valence-electron chi connectivity index (χ4n) is 3.14. The maximum absolute atomic E-state index is 12.9. The van der Waals surface area contributed by atoms with Gasteiger partial charge in [-0.15, -0.1) is 0 Å². The molecular weight excluding hydrogens is 382 g/mol. The van der Waals surface area contributed by atoms with Gasteiger partial charge < -0.3 is 10.1 Å². The molecule has 1 amide bonds. The molecule has 3 heterocycles. The Morgan fingerprint density at radius 3 is 2.87 bits per heavy atom. The second-order valence-electron chi connectivity index (χ2n) is 7.21. The first-order chi connectivity index (χ1) is 14.5. The molecule has 0 bridgehead atoms. The van der Waals surface area contributed by atoms with Crippen molar-refractivity contribution in [3.8, 4) is 5.75 Å². The number of rotatable bonds is 7. The van der Waals surface area contributed by atoms with Gasteiger partial charge in [-0.2, -0.15) is 10.2 Å². The number of carbonyl (C=O) groups excluding carboxylic acids is 1. The molecule has 4 rings (SSSR count). The van der Waals surface area contributed by atoms with Crippen LogP contribution in [0.2, 0.25) is 0 Å². The Bertz CT molecular complexity index is 1170. The Labute approximate surface area is 173 Å². The van der Waals surface area contributed by atoms with Gasteiger partial charge in [-0.3, -0.25) is 4.79 Å². The lowest BCUT2D eigenvalue weighted by Crippen LogP contribution is -2.15. The van der Waals surface area contributed by atoms with E-state index in [0.29, 0.717) is 35.8 Å². The molecule has 0 aliphatic heterocycles. The molecule has 0 fully saturated rings. The van der Waals surface area contributed by atoms with Crippen molar-refractivity contribution in [2.45, 2.75) is 33.4 Å². The molecule has 0 aliphatic carbocycles. The van der Waals surface area contributed by atoms with Crippen LogP contribution in [0.4, 0.5) is 5.69 Å². The van der Waals surface area contributed by atoms with Crippen LogP contribution in [-0.2, 0) is 6.54 Å². The van der Waals surface area contributed by atoms with Crippen LogP contribution in [0.15, 0.2) is 49.2 Å². The number of ether oxygens (including phenoxy) is 1. The second-order valence-corrected chi connectivity index (χ2v) is 7.21. The first-order valence-corrected chi connectivity index (χ1v) is 9.73. The van der Waals surface area contributed by atoms with Gasteiger partial charge in [0.15, 0.2) is 5.65 Å². The van der Waals surface area contributed by atoms with E-state index in [1.165, 1.54) is 6.33 Å². The first-order valence-electron chi connectivity index (χ1n) is 9.73. The fourth-order valence-corrected chi connectivity index (χ4v) is 3.14. The van der Waals surface area contributed by atoms with Crippen molar-refractivity contribution in [2.75, 3.05) is 11.9 Å². The fraction of sp³-hybridized carbons (Fsp3) is 0.286. The van der Waals surface area contributed by atoms with Gasteiger partial charge in [0.2, 0.25) is 0 Å². The number of carbonyl (C=O) groups is 1. The van der Waals surface area contributed by atoms with Crippen LogP contribution in [0.3, 0.4) is 0 Å². The maximum atomic E-state index is 12.9. The van der Waals surface area contributed by atoms with Crippen LogP contribution in [0.1, 0.15) is 35.9 Å². The van der Waals surface area contributed by atoms with E-state index >= 15 is 0 Å². The summed E-state index contributed by atoms with van der Waals surface area (Å²) in [7, 11) is 0. The summed E-state index contributed by atoms with van der Waals surface area (Å²) < 4.78 is 9.30. The molecule has 154 valence electrons. The lowest BCUT2D eigenvalue weighted by molar-refractivity contribution is 0.102. The predicted molar refractivity (Wildman–Crippen MR) is 113 cm³/mol. The number of aromatic nitrogens is 6. The summed E-state index contributed by atoms with van der Waals surface area (Å²) in [5.41, 5.74) is 2.60. The highest BCUT2D eigenvalue weighted by atomic mass is 16.5. The number of pyridine rings is 1. The van der Waals surface area contributed by atoms with Crippen LogP contribution in [0.25, 0.3) is 11.0 Å². The summed E-state index contributed by atoms with van der Waals surface area (Å²) >= 11 is 0. The van der Waals surface area contributed by atoms with E-state index in [9.17, 15) is 4.79 Å². The zero-order valence-corrected chi connectivity index (χ0v) is 17.1. The Hall–Kier alpha value is -3.75. The average molecular weight is 405 g/mol. The number of aryl methyl sites for hydroxylation is 1. The van der Waals surface area contributed by atoms with Crippen molar-refractivity contribution in [3.63, 3.8) is 0 Å². The molecule has 0 unspecified atom stereocenters. The third kappa shape index (κ3) is 4.14. The standard InChI is InChI=1S/C21H23N7O2/c1-14(2)28-20-16(11-23-28)9-19(15(3)25-20)21(29)26-17-5-4-6-18(10-17)30-8-7-27-13-22-12-24-27/h4-6,9-14H,7-8H2,1-3H3,(H,26,29). The van der Waals surface area contributed by atoms with Crippen molar-refractivity contribution in [2.24, 2.45) is 0 Å². The molecule has 1 N–H and O–H groups in total. The molecule has 30 heavy (non-hydrogen) atoms. The van der Waals surface area contributed by atoms with Crippen LogP contribution >= 0.6 is 0 Å². The lowest BCUT2D eigenvalue weighted by Gasteiger charge is -2.11. The van der Waals surface area contributed by atoms with Gasteiger partial charge in [-0.05, 0) is 39.0 Å². The average Bonchev–Trinajstić information content (AvgIpc) is 3.37. The number of nitrogens with zero attached hydrogens (tertiary/aromatic N) is 6. The van der Waals surface area contributed by atoms with E-state index < -0.39 is 0 Å². The molecule has 9 heteroatoms. The van der Waals surface area contributed by atoms with Crippen molar-refractivity contribution in [1.29, 1.82) is 0 Å². The smallest absolute Gasteiger partial charge is 0.257 e. The molecule has 9 nitrogen and oxygen atoms in total. The van der Waals surface area contributed by atoms with E-state index in [1.54, 1.807) is 23.3 Å². The van der Waals surface area contributed by atoms with Crippen molar-refractivity contribution < 1.29 is 9.53 Å². The molecule has 3 aromatic heterocycles. The Morgan fingerprint density at radius 1 is 1.23 bits per heavy atom.